The molecule has 4 aromatic rings. The van der Waals surface area contributed by atoms with Gasteiger partial charge in [0.05, 0.1) is 12.0 Å². The van der Waals surface area contributed by atoms with Crippen molar-refractivity contribution in [3.8, 4) is 11.3 Å². The van der Waals surface area contributed by atoms with E-state index in [-0.39, 0.29) is 36.8 Å². The SMILES string of the molecule is NC(=O)c1sc2nc(C(F)F)cc(-c3ccco3)c2c1NC(=O)c1ccnn1C(F)F. The molecule has 0 aromatic carbocycles. The number of primary amides is 1. The lowest BCUT2D eigenvalue weighted by molar-refractivity contribution is 0.0520. The van der Waals surface area contributed by atoms with Crippen LogP contribution in [-0.4, -0.2) is 26.6 Å². The van der Waals surface area contributed by atoms with E-state index in [2.05, 4.69) is 15.4 Å². The fourth-order valence-corrected chi connectivity index (χ4v) is 3.99. The van der Waals surface area contributed by atoms with Crippen LogP contribution in [0.3, 0.4) is 0 Å². The molecule has 31 heavy (non-hydrogen) atoms. The Balaban J connectivity index is 1.93. The fourth-order valence-electron chi connectivity index (χ4n) is 2.98. The molecule has 160 valence electrons. The van der Waals surface area contributed by atoms with Crippen molar-refractivity contribution in [2.75, 3.05) is 5.32 Å². The summed E-state index contributed by atoms with van der Waals surface area (Å²) in [5.41, 5.74) is 4.30. The quantitative estimate of drug-likeness (QED) is 0.419. The first-order valence-electron chi connectivity index (χ1n) is 8.50. The van der Waals surface area contributed by atoms with Gasteiger partial charge in [0.25, 0.3) is 18.2 Å². The van der Waals surface area contributed by atoms with Gasteiger partial charge in [-0.05, 0) is 24.3 Å². The lowest BCUT2D eigenvalue weighted by Gasteiger charge is -2.10. The second-order valence-corrected chi connectivity index (χ2v) is 7.12. The molecule has 0 saturated heterocycles. The first-order valence-corrected chi connectivity index (χ1v) is 9.31. The maximum absolute atomic E-state index is 13.4. The molecule has 3 N–H and O–H groups in total. The van der Waals surface area contributed by atoms with E-state index in [1.165, 1.54) is 18.4 Å². The number of carbonyl (C=O) groups is 2. The van der Waals surface area contributed by atoms with E-state index in [1.807, 2.05) is 0 Å². The van der Waals surface area contributed by atoms with Crippen molar-refractivity contribution in [1.82, 2.24) is 14.8 Å². The van der Waals surface area contributed by atoms with E-state index in [4.69, 9.17) is 10.2 Å². The summed E-state index contributed by atoms with van der Waals surface area (Å²) >= 11 is 0.679. The average Bonchev–Trinajstić information content (AvgIpc) is 3.46. The van der Waals surface area contributed by atoms with Crippen molar-refractivity contribution in [3.63, 3.8) is 0 Å². The minimum atomic E-state index is -3.08. The number of nitrogens with one attached hydrogen (secondary N) is 1. The number of hydrogen-bond donors (Lipinski definition) is 2. The van der Waals surface area contributed by atoms with Gasteiger partial charge >= 0.3 is 6.55 Å². The van der Waals surface area contributed by atoms with Gasteiger partial charge in [-0.15, -0.1) is 11.3 Å². The number of hydrogen-bond acceptors (Lipinski definition) is 6. The molecule has 8 nitrogen and oxygen atoms in total. The topological polar surface area (TPSA) is 116 Å². The maximum atomic E-state index is 13.4. The van der Waals surface area contributed by atoms with Gasteiger partial charge < -0.3 is 15.5 Å². The standard InChI is InChI=1S/C18H11F4N5O3S/c19-14(20)8-6-7(10-2-1-5-30-10)11-12(13(15(23)28)31-17(11)25-8)26-16(29)9-3-4-24-27(9)18(21)22/h1-6,14,18H,(H2,23,28)(H,26,29). The van der Waals surface area contributed by atoms with Gasteiger partial charge in [0, 0.05) is 17.1 Å². The normalized spacial score (nSPS) is 11.5. The molecule has 0 spiro atoms. The summed E-state index contributed by atoms with van der Waals surface area (Å²) in [6.45, 7) is -3.08. The monoisotopic (exact) mass is 453 g/mol. The molecular weight excluding hydrogens is 442 g/mol. The van der Waals surface area contributed by atoms with Crippen LogP contribution >= 0.6 is 11.3 Å². The van der Waals surface area contributed by atoms with Crippen LogP contribution in [0.2, 0.25) is 0 Å². The van der Waals surface area contributed by atoms with E-state index in [9.17, 15) is 27.2 Å². The van der Waals surface area contributed by atoms with Crippen LogP contribution in [0.1, 0.15) is 38.8 Å². The van der Waals surface area contributed by atoms with Crippen LogP contribution in [0.4, 0.5) is 23.2 Å². The molecule has 4 rings (SSSR count). The Labute approximate surface area is 174 Å². The number of nitrogens with zero attached hydrogens (tertiary/aromatic N) is 3. The van der Waals surface area contributed by atoms with E-state index >= 15 is 0 Å². The molecule has 0 bridgehead atoms. The van der Waals surface area contributed by atoms with Crippen LogP contribution in [-0.2, 0) is 0 Å². The summed E-state index contributed by atoms with van der Waals surface area (Å²) in [5, 5.41) is 5.86. The van der Waals surface area contributed by atoms with Gasteiger partial charge in [-0.3, -0.25) is 9.59 Å². The first kappa shape index (κ1) is 20.5. The number of aromatic nitrogens is 3. The zero-order valence-corrected chi connectivity index (χ0v) is 16.0. The van der Waals surface area contributed by atoms with Crippen LogP contribution in [0, 0.1) is 0 Å². The molecule has 0 aliphatic rings. The van der Waals surface area contributed by atoms with Crippen molar-refractivity contribution >= 4 is 39.1 Å². The number of pyridine rings is 1. The lowest BCUT2D eigenvalue weighted by atomic mass is 10.1. The van der Waals surface area contributed by atoms with Crippen LogP contribution in [0.5, 0.6) is 0 Å². The number of alkyl halides is 4. The zero-order chi connectivity index (χ0) is 22.3. The zero-order valence-electron chi connectivity index (χ0n) is 15.2. The van der Waals surface area contributed by atoms with Crippen molar-refractivity contribution < 1.29 is 31.6 Å². The molecule has 0 aliphatic heterocycles. The highest BCUT2D eigenvalue weighted by atomic mass is 32.1. The largest absolute Gasteiger partial charge is 0.464 e. The number of carbonyl (C=O) groups excluding carboxylic acids is 2. The predicted octanol–water partition coefficient (Wildman–Crippen LogP) is 4.44. The Morgan fingerprint density at radius 1 is 1.23 bits per heavy atom. The van der Waals surface area contributed by atoms with E-state index < -0.39 is 36.2 Å². The molecule has 2 amide bonds. The Morgan fingerprint density at radius 2 is 2.00 bits per heavy atom. The Hall–Kier alpha value is -3.74. The van der Waals surface area contributed by atoms with Crippen molar-refractivity contribution in [1.29, 1.82) is 0 Å². The van der Waals surface area contributed by atoms with Crippen molar-refractivity contribution in [2.45, 2.75) is 13.0 Å². The van der Waals surface area contributed by atoms with Gasteiger partial charge in [0.15, 0.2) is 0 Å². The van der Waals surface area contributed by atoms with E-state index in [0.29, 0.717) is 11.3 Å². The third kappa shape index (κ3) is 3.63. The molecule has 0 atom stereocenters. The first-order chi connectivity index (χ1) is 14.8. The summed E-state index contributed by atoms with van der Waals surface area (Å²) < 4.78 is 58.4. The maximum Gasteiger partial charge on any atom is 0.333 e. The highest BCUT2D eigenvalue weighted by molar-refractivity contribution is 7.21. The number of furan rings is 1. The van der Waals surface area contributed by atoms with E-state index in [0.717, 1.165) is 18.3 Å². The summed E-state index contributed by atoms with van der Waals surface area (Å²) in [7, 11) is 0. The number of thiophene rings is 1. The molecule has 4 aromatic heterocycles. The smallest absolute Gasteiger partial charge is 0.333 e. The van der Waals surface area contributed by atoms with Gasteiger partial charge in [0.1, 0.15) is 26.9 Å². The summed E-state index contributed by atoms with van der Waals surface area (Å²) in [6, 6.07) is 5.12. The molecule has 0 fully saturated rings. The molecule has 13 heteroatoms. The lowest BCUT2D eigenvalue weighted by Crippen LogP contribution is -2.20. The molecule has 4 heterocycles. The Kier molecular flexibility index (Phi) is 5.19. The highest BCUT2D eigenvalue weighted by Crippen LogP contribution is 2.42. The Morgan fingerprint density at radius 3 is 2.61 bits per heavy atom. The second kappa shape index (κ2) is 7.83. The van der Waals surface area contributed by atoms with Crippen molar-refractivity contribution in [3.05, 3.63) is 53.0 Å². The number of anilines is 1. The third-order valence-corrected chi connectivity index (χ3v) is 5.34. The van der Waals surface area contributed by atoms with Crippen LogP contribution in [0.15, 0.2) is 41.1 Å². The second-order valence-electron chi connectivity index (χ2n) is 6.12. The number of nitrogens with two attached hydrogens (primary N) is 1. The van der Waals surface area contributed by atoms with Crippen LogP contribution < -0.4 is 11.1 Å². The van der Waals surface area contributed by atoms with Gasteiger partial charge in [-0.2, -0.15) is 18.6 Å². The molecule has 0 saturated carbocycles. The third-order valence-electron chi connectivity index (χ3n) is 4.24. The van der Waals surface area contributed by atoms with Gasteiger partial charge in [-0.1, -0.05) is 0 Å². The van der Waals surface area contributed by atoms with E-state index in [1.54, 1.807) is 0 Å². The molecule has 0 aliphatic carbocycles. The predicted molar refractivity (Wildman–Crippen MR) is 102 cm³/mol. The van der Waals surface area contributed by atoms with Crippen molar-refractivity contribution in [2.24, 2.45) is 5.73 Å². The summed E-state index contributed by atoms with van der Waals surface area (Å²) in [4.78, 5) is 28.3. The average molecular weight is 453 g/mol. The Bertz CT molecular complexity index is 1280. The molecule has 0 unspecified atom stereocenters. The number of amides is 2. The number of halogens is 4. The molecule has 0 radical (unpaired) electrons. The van der Waals surface area contributed by atoms with Gasteiger partial charge in [0.2, 0.25) is 0 Å². The van der Waals surface area contributed by atoms with Gasteiger partial charge in [-0.25, -0.2) is 13.8 Å². The fraction of sp³-hybridized carbons (Fsp3) is 0.111. The summed E-state index contributed by atoms with van der Waals surface area (Å²) in [6.07, 6.45) is -0.604. The van der Waals surface area contributed by atoms with Crippen LogP contribution in [0.25, 0.3) is 21.5 Å². The minimum absolute atomic E-state index is 0.0179. The number of rotatable bonds is 6. The number of fused-ring (bicyclic) bond motifs is 1. The molecular formula is C18H11F4N5O3S. The highest BCUT2D eigenvalue weighted by Gasteiger charge is 2.27. The minimum Gasteiger partial charge on any atom is -0.464 e. The summed E-state index contributed by atoms with van der Waals surface area (Å²) in [5.74, 6) is -1.82.